The van der Waals surface area contributed by atoms with Crippen LogP contribution in [0, 0.1) is 0 Å². The third kappa shape index (κ3) is 2.90. The summed E-state index contributed by atoms with van der Waals surface area (Å²) in [6, 6.07) is 7.90. The van der Waals surface area contributed by atoms with Gasteiger partial charge in [-0.25, -0.2) is 0 Å². The summed E-state index contributed by atoms with van der Waals surface area (Å²) in [4.78, 5) is 20.0. The van der Waals surface area contributed by atoms with Gasteiger partial charge in [0.2, 0.25) is 0 Å². The normalized spacial score (nSPS) is 15.9. The standard InChI is InChI=1S/C16H18N2OS/c19-16(18-9-3-1-2-4-10-18)13-7-8-14(17-12-13)15-6-5-11-20-15/h5-8,11-12H,1-4,9-10H2. The molecule has 0 saturated carbocycles. The molecule has 0 aliphatic carbocycles. The first-order valence-corrected chi connectivity index (χ1v) is 8.02. The van der Waals surface area contributed by atoms with Crippen LogP contribution in [0.4, 0.5) is 0 Å². The number of nitrogens with zero attached hydrogens (tertiary/aromatic N) is 2. The van der Waals surface area contributed by atoms with Crippen LogP contribution < -0.4 is 0 Å². The van der Waals surface area contributed by atoms with Gasteiger partial charge >= 0.3 is 0 Å². The Balaban J connectivity index is 1.75. The Morgan fingerprint density at radius 1 is 1.10 bits per heavy atom. The van der Waals surface area contributed by atoms with Crippen molar-refractivity contribution in [3.8, 4) is 10.6 Å². The van der Waals surface area contributed by atoms with E-state index in [9.17, 15) is 4.79 Å². The molecule has 1 aliphatic heterocycles. The SMILES string of the molecule is O=C(c1ccc(-c2cccs2)nc1)N1CCCCCC1. The molecule has 0 N–H and O–H groups in total. The summed E-state index contributed by atoms with van der Waals surface area (Å²) in [5, 5.41) is 2.04. The molecule has 2 aromatic heterocycles. The lowest BCUT2D eigenvalue weighted by atomic mass is 10.2. The number of thiophene rings is 1. The predicted octanol–water partition coefficient (Wildman–Crippen LogP) is 3.83. The summed E-state index contributed by atoms with van der Waals surface area (Å²) < 4.78 is 0. The van der Waals surface area contributed by atoms with E-state index in [1.165, 1.54) is 12.8 Å². The summed E-state index contributed by atoms with van der Waals surface area (Å²) in [6.07, 6.45) is 6.42. The zero-order valence-corrected chi connectivity index (χ0v) is 12.2. The molecule has 0 spiro atoms. The first-order chi connectivity index (χ1) is 9.84. The number of aromatic nitrogens is 1. The van der Waals surface area contributed by atoms with Gasteiger partial charge in [0, 0.05) is 19.3 Å². The topological polar surface area (TPSA) is 33.2 Å². The minimum atomic E-state index is 0.122. The van der Waals surface area contributed by atoms with Gasteiger partial charge < -0.3 is 4.90 Å². The molecule has 3 nitrogen and oxygen atoms in total. The average molecular weight is 286 g/mol. The molecule has 0 unspecified atom stereocenters. The number of pyridine rings is 1. The second kappa shape index (κ2) is 6.18. The Bertz CT molecular complexity index is 555. The van der Waals surface area contributed by atoms with Crippen molar-refractivity contribution in [2.75, 3.05) is 13.1 Å². The molecule has 1 aliphatic rings. The van der Waals surface area contributed by atoms with E-state index >= 15 is 0 Å². The quantitative estimate of drug-likeness (QED) is 0.840. The Labute approximate surface area is 123 Å². The van der Waals surface area contributed by atoms with E-state index in [0.29, 0.717) is 5.56 Å². The van der Waals surface area contributed by atoms with E-state index in [2.05, 4.69) is 4.98 Å². The summed E-state index contributed by atoms with van der Waals surface area (Å²) in [5.74, 6) is 0.122. The van der Waals surface area contributed by atoms with Crippen molar-refractivity contribution < 1.29 is 4.79 Å². The van der Waals surface area contributed by atoms with E-state index < -0.39 is 0 Å². The Morgan fingerprint density at radius 2 is 1.90 bits per heavy atom. The summed E-state index contributed by atoms with van der Waals surface area (Å²) in [5.41, 5.74) is 1.64. The monoisotopic (exact) mass is 286 g/mol. The molecule has 0 aromatic carbocycles. The maximum atomic E-state index is 12.4. The Morgan fingerprint density at radius 3 is 2.50 bits per heavy atom. The van der Waals surface area contributed by atoms with Gasteiger partial charge in [0.25, 0.3) is 5.91 Å². The first kappa shape index (κ1) is 13.3. The lowest BCUT2D eigenvalue weighted by Crippen LogP contribution is -2.31. The maximum absolute atomic E-state index is 12.4. The largest absolute Gasteiger partial charge is 0.339 e. The zero-order chi connectivity index (χ0) is 13.8. The van der Waals surface area contributed by atoms with Crippen molar-refractivity contribution in [3.63, 3.8) is 0 Å². The second-order valence-corrected chi connectivity index (χ2v) is 6.06. The Hall–Kier alpha value is -1.68. The number of hydrogen-bond acceptors (Lipinski definition) is 3. The maximum Gasteiger partial charge on any atom is 0.255 e. The Kier molecular flexibility index (Phi) is 4.11. The highest BCUT2D eigenvalue weighted by Gasteiger charge is 2.17. The highest BCUT2D eigenvalue weighted by molar-refractivity contribution is 7.13. The number of hydrogen-bond donors (Lipinski definition) is 0. The first-order valence-electron chi connectivity index (χ1n) is 7.14. The fourth-order valence-electron chi connectivity index (χ4n) is 2.55. The molecule has 104 valence electrons. The molecule has 1 amide bonds. The number of amides is 1. The number of carbonyl (C=O) groups is 1. The smallest absolute Gasteiger partial charge is 0.255 e. The van der Waals surface area contributed by atoms with Crippen molar-refractivity contribution in [2.45, 2.75) is 25.7 Å². The molecular weight excluding hydrogens is 268 g/mol. The van der Waals surface area contributed by atoms with Crippen molar-refractivity contribution in [3.05, 3.63) is 41.4 Å². The van der Waals surface area contributed by atoms with E-state index in [-0.39, 0.29) is 5.91 Å². The van der Waals surface area contributed by atoms with Crippen LogP contribution in [0.2, 0.25) is 0 Å². The fraction of sp³-hybridized carbons (Fsp3) is 0.375. The van der Waals surface area contributed by atoms with E-state index in [4.69, 9.17) is 0 Å². The molecule has 0 bridgehead atoms. The van der Waals surface area contributed by atoms with Crippen LogP contribution in [0.1, 0.15) is 36.0 Å². The molecule has 0 radical (unpaired) electrons. The van der Waals surface area contributed by atoms with Gasteiger partial charge in [-0.1, -0.05) is 18.9 Å². The number of carbonyl (C=O) groups excluding carboxylic acids is 1. The minimum absolute atomic E-state index is 0.122. The van der Waals surface area contributed by atoms with Gasteiger partial charge in [0.05, 0.1) is 16.1 Å². The van der Waals surface area contributed by atoms with Gasteiger partial charge in [-0.15, -0.1) is 11.3 Å². The van der Waals surface area contributed by atoms with Gasteiger partial charge in [0.1, 0.15) is 0 Å². The lowest BCUT2D eigenvalue weighted by Gasteiger charge is -2.20. The molecule has 3 heterocycles. The molecule has 4 heteroatoms. The third-order valence-corrected chi connectivity index (χ3v) is 4.57. The van der Waals surface area contributed by atoms with E-state index in [1.807, 2.05) is 34.5 Å². The molecule has 1 saturated heterocycles. The van der Waals surface area contributed by atoms with Crippen LogP contribution in [-0.4, -0.2) is 28.9 Å². The van der Waals surface area contributed by atoms with Gasteiger partial charge in [-0.3, -0.25) is 9.78 Å². The van der Waals surface area contributed by atoms with Gasteiger partial charge in [-0.05, 0) is 36.4 Å². The van der Waals surface area contributed by atoms with Crippen LogP contribution in [0.15, 0.2) is 35.8 Å². The molecular formula is C16H18N2OS. The van der Waals surface area contributed by atoms with Crippen LogP contribution in [-0.2, 0) is 0 Å². The summed E-state index contributed by atoms with van der Waals surface area (Å²) in [7, 11) is 0. The van der Waals surface area contributed by atoms with Crippen LogP contribution in [0.3, 0.4) is 0 Å². The molecule has 0 atom stereocenters. The third-order valence-electron chi connectivity index (χ3n) is 3.68. The molecule has 20 heavy (non-hydrogen) atoms. The van der Waals surface area contributed by atoms with Crippen molar-refractivity contribution in [1.82, 2.24) is 9.88 Å². The molecule has 2 aromatic rings. The fourth-order valence-corrected chi connectivity index (χ4v) is 3.25. The van der Waals surface area contributed by atoms with Crippen molar-refractivity contribution >= 4 is 17.2 Å². The highest BCUT2D eigenvalue weighted by Crippen LogP contribution is 2.22. The molecule has 3 rings (SSSR count). The number of likely N-dealkylation sites (tertiary alicyclic amines) is 1. The summed E-state index contributed by atoms with van der Waals surface area (Å²) in [6.45, 7) is 1.76. The zero-order valence-electron chi connectivity index (χ0n) is 11.4. The lowest BCUT2D eigenvalue weighted by molar-refractivity contribution is 0.0761. The summed E-state index contributed by atoms with van der Waals surface area (Å²) >= 11 is 1.66. The second-order valence-electron chi connectivity index (χ2n) is 5.12. The van der Waals surface area contributed by atoms with Gasteiger partial charge in [0.15, 0.2) is 0 Å². The van der Waals surface area contributed by atoms with Crippen LogP contribution >= 0.6 is 11.3 Å². The average Bonchev–Trinajstić information content (AvgIpc) is 2.89. The van der Waals surface area contributed by atoms with E-state index in [1.54, 1.807) is 17.5 Å². The molecule has 1 fully saturated rings. The van der Waals surface area contributed by atoms with Crippen molar-refractivity contribution in [2.24, 2.45) is 0 Å². The number of rotatable bonds is 2. The highest BCUT2D eigenvalue weighted by atomic mass is 32.1. The van der Waals surface area contributed by atoms with E-state index in [0.717, 1.165) is 36.5 Å². The predicted molar refractivity (Wildman–Crippen MR) is 81.9 cm³/mol. The van der Waals surface area contributed by atoms with Crippen LogP contribution in [0.5, 0.6) is 0 Å². The van der Waals surface area contributed by atoms with Crippen LogP contribution in [0.25, 0.3) is 10.6 Å². The van der Waals surface area contributed by atoms with Gasteiger partial charge in [-0.2, -0.15) is 0 Å². The van der Waals surface area contributed by atoms with Crippen molar-refractivity contribution in [1.29, 1.82) is 0 Å². The minimum Gasteiger partial charge on any atom is -0.339 e.